The van der Waals surface area contributed by atoms with E-state index in [4.69, 9.17) is 15.3 Å². The SMILES string of the molecule is CCN(CC)CC.O=C(O)c1cccc(O)c1O. The Kier molecular flexibility index (Phi) is 7.54. The molecule has 0 aliphatic carbocycles. The van der Waals surface area contributed by atoms with Crippen molar-refractivity contribution in [1.29, 1.82) is 0 Å². The number of benzene rings is 1. The number of phenols is 2. The number of carbonyl (C=O) groups is 1. The Morgan fingerprint density at radius 1 is 1.11 bits per heavy atom. The van der Waals surface area contributed by atoms with Crippen LogP contribution in [0.3, 0.4) is 0 Å². The minimum atomic E-state index is -1.27. The minimum absolute atomic E-state index is 0.301. The van der Waals surface area contributed by atoms with Crippen LogP contribution in [0.15, 0.2) is 18.2 Å². The van der Waals surface area contributed by atoms with Crippen molar-refractivity contribution in [3.8, 4) is 11.5 Å². The molecule has 5 nitrogen and oxygen atoms in total. The predicted molar refractivity (Wildman–Crippen MR) is 70.2 cm³/mol. The molecule has 1 aromatic rings. The third-order valence-electron chi connectivity index (χ3n) is 2.59. The van der Waals surface area contributed by atoms with E-state index in [0.29, 0.717) is 0 Å². The Balaban J connectivity index is 0.000000360. The fourth-order valence-electron chi connectivity index (χ4n) is 1.37. The highest BCUT2D eigenvalue weighted by atomic mass is 16.4. The van der Waals surface area contributed by atoms with E-state index in [-0.39, 0.29) is 5.56 Å². The fourth-order valence-corrected chi connectivity index (χ4v) is 1.37. The predicted octanol–water partition coefficient (Wildman–Crippen LogP) is 2.14. The molecule has 3 N–H and O–H groups in total. The molecule has 1 aromatic carbocycles. The van der Waals surface area contributed by atoms with Crippen LogP contribution in [0.25, 0.3) is 0 Å². The number of aromatic hydroxyl groups is 2. The van der Waals surface area contributed by atoms with E-state index in [1.807, 2.05) is 0 Å². The number of carboxylic acid groups (broad SMARTS) is 1. The zero-order chi connectivity index (χ0) is 14.1. The van der Waals surface area contributed by atoms with E-state index in [2.05, 4.69) is 25.7 Å². The molecule has 1 rings (SSSR count). The molecule has 5 heteroatoms. The Morgan fingerprint density at radius 2 is 1.61 bits per heavy atom. The highest BCUT2D eigenvalue weighted by molar-refractivity contribution is 5.91. The Bertz CT molecular complexity index is 370. The molecule has 0 saturated heterocycles. The average Bonchev–Trinajstić information content (AvgIpc) is 2.35. The summed E-state index contributed by atoms with van der Waals surface area (Å²) in [4.78, 5) is 12.7. The van der Waals surface area contributed by atoms with Gasteiger partial charge in [0.1, 0.15) is 5.56 Å². The largest absolute Gasteiger partial charge is 0.504 e. The highest BCUT2D eigenvalue weighted by Gasteiger charge is 2.11. The van der Waals surface area contributed by atoms with Gasteiger partial charge in [0.15, 0.2) is 11.5 Å². The van der Waals surface area contributed by atoms with E-state index in [1.54, 1.807) is 0 Å². The number of aromatic carboxylic acids is 1. The van der Waals surface area contributed by atoms with Crippen molar-refractivity contribution in [2.45, 2.75) is 20.8 Å². The molecule has 0 aliphatic heterocycles. The van der Waals surface area contributed by atoms with Gasteiger partial charge in [0, 0.05) is 0 Å². The molecule has 0 amide bonds. The van der Waals surface area contributed by atoms with Crippen LogP contribution in [0.4, 0.5) is 0 Å². The summed E-state index contributed by atoms with van der Waals surface area (Å²) >= 11 is 0. The molecule has 0 atom stereocenters. The van der Waals surface area contributed by atoms with Crippen molar-refractivity contribution in [2.75, 3.05) is 19.6 Å². The number of carboxylic acids is 1. The molecule has 18 heavy (non-hydrogen) atoms. The van der Waals surface area contributed by atoms with Crippen molar-refractivity contribution in [2.24, 2.45) is 0 Å². The molecule has 0 heterocycles. The highest BCUT2D eigenvalue weighted by Crippen LogP contribution is 2.27. The second-order valence-electron chi connectivity index (χ2n) is 3.60. The maximum absolute atomic E-state index is 10.3. The quantitative estimate of drug-likeness (QED) is 0.718. The van der Waals surface area contributed by atoms with Crippen molar-refractivity contribution in [3.05, 3.63) is 23.8 Å². The summed E-state index contributed by atoms with van der Waals surface area (Å²) in [6, 6.07) is 3.76. The molecule has 0 bridgehead atoms. The van der Waals surface area contributed by atoms with Gasteiger partial charge in [0.25, 0.3) is 0 Å². The van der Waals surface area contributed by atoms with Gasteiger partial charge in [-0.05, 0) is 31.8 Å². The lowest BCUT2D eigenvalue weighted by molar-refractivity contribution is 0.0693. The molecule has 0 aliphatic rings. The Hall–Kier alpha value is -1.75. The second kappa shape index (κ2) is 8.36. The minimum Gasteiger partial charge on any atom is -0.504 e. The third-order valence-corrected chi connectivity index (χ3v) is 2.59. The average molecular weight is 255 g/mol. The molecule has 0 spiro atoms. The van der Waals surface area contributed by atoms with E-state index in [1.165, 1.54) is 37.8 Å². The molecule has 0 radical (unpaired) electrons. The summed E-state index contributed by atoms with van der Waals surface area (Å²) in [5.74, 6) is -2.29. The Labute approximate surface area is 107 Å². The van der Waals surface area contributed by atoms with Crippen LogP contribution in [-0.4, -0.2) is 45.8 Å². The van der Waals surface area contributed by atoms with E-state index >= 15 is 0 Å². The van der Waals surface area contributed by atoms with Crippen LogP contribution in [0, 0.1) is 0 Å². The van der Waals surface area contributed by atoms with Gasteiger partial charge in [-0.3, -0.25) is 0 Å². The van der Waals surface area contributed by atoms with Crippen LogP contribution in [0.2, 0.25) is 0 Å². The summed E-state index contributed by atoms with van der Waals surface area (Å²) in [5, 5.41) is 26.2. The first-order valence-corrected chi connectivity index (χ1v) is 5.94. The molecule has 0 fully saturated rings. The summed E-state index contributed by atoms with van der Waals surface area (Å²) < 4.78 is 0. The summed E-state index contributed by atoms with van der Waals surface area (Å²) in [6.07, 6.45) is 0. The number of nitrogens with zero attached hydrogens (tertiary/aromatic N) is 1. The third kappa shape index (κ3) is 5.05. The van der Waals surface area contributed by atoms with Crippen LogP contribution in [0.5, 0.6) is 11.5 Å². The molecule has 0 aromatic heterocycles. The molecular weight excluding hydrogens is 234 g/mol. The van der Waals surface area contributed by atoms with Gasteiger partial charge in [-0.1, -0.05) is 26.8 Å². The van der Waals surface area contributed by atoms with Gasteiger partial charge in [-0.25, -0.2) is 4.79 Å². The first kappa shape index (κ1) is 16.2. The molecule has 0 saturated carbocycles. The molecule has 102 valence electrons. The van der Waals surface area contributed by atoms with E-state index in [9.17, 15) is 4.79 Å². The lowest BCUT2D eigenvalue weighted by Gasteiger charge is -2.13. The van der Waals surface area contributed by atoms with Crippen molar-refractivity contribution in [3.63, 3.8) is 0 Å². The van der Waals surface area contributed by atoms with Gasteiger partial charge in [-0.2, -0.15) is 0 Å². The van der Waals surface area contributed by atoms with Crippen LogP contribution in [0.1, 0.15) is 31.1 Å². The zero-order valence-corrected chi connectivity index (χ0v) is 11.1. The van der Waals surface area contributed by atoms with Gasteiger partial charge in [0.05, 0.1) is 0 Å². The van der Waals surface area contributed by atoms with Gasteiger partial charge in [0.2, 0.25) is 0 Å². The fraction of sp³-hybridized carbons (Fsp3) is 0.462. The number of hydrogen-bond donors (Lipinski definition) is 3. The summed E-state index contributed by atoms with van der Waals surface area (Å²) in [5.41, 5.74) is -0.301. The normalized spacial score (nSPS) is 9.78. The number of rotatable bonds is 4. The van der Waals surface area contributed by atoms with Crippen molar-refractivity contribution >= 4 is 5.97 Å². The number of hydrogen-bond acceptors (Lipinski definition) is 4. The van der Waals surface area contributed by atoms with E-state index < -0.39 is 17.5 Å². The van der Waals surface area contributed by atoms with Crippen LogP contribution >= 0.6 is 0 Å². The monoisotopic (exact) mass is 255 g/mol. The topological polar surface area (TPSA) is 81.0 Å². The maximum atomic E-state index is 10.3. The van der Waals surface area contributed by atoms with Crippen LogP contribution < -0.4 is 0 Å². The molecular formula is C13H21NO4. The smallest absolute Gasteiger partial charge is 0.339 e. The number of para-hydroxylation sites is 1. The zero-order valence-electron chi connectivity index (χ0n) is 11.1. The van der Waals surface area contributed by atoms with Gasteiger partial charge < -0.3 is 20.2 Å². The van der Waals surface area contributed by atoms with E-state index in [0.717, 1.165) is 0 Å². The van der Waals surface area contributed by atoms with Gasteiger partial charge in [-0.15, -0.1) is 0 Å². The first-order chi connectivity index (χ1) is 8.47. The van der Waals surface area contributed by atoms with Crippen LogP contribution in [-0.2, 0) is 0 Å². The van der Waals surface area contributed by atoms with Gasteiger partial charge >= 0.3 is 5.97 Å². The summed E-state index contributed by atoms with van der Waals surface area (Å²) in [7, 11) is 0. The lowest BCUT2D eigenvalue weighted by Crippen LogP contribution is -2.21. The lowest BCUT2D eigenvalue weighted by atomic mass is 10.2. The standard InChI is InChI=1S/C7H6O4.C6H15N/c8-5-3-1-2-4(6(5)9)7(10)11;1-4-7(5-2)6-3/h1-3,8-9H,(H,10,11);4-6H2,1-3H3. The first-order valence-electron chi connectivity index (χ1n) is 5.94. The molecule has 0 unspecified atom stereocenters. The number of phenolic OH excluding ortho intramolecular Hbond substituents is 1. The van der Waals surface area contributed by atoms with Crippen molar-refractivity contribution in [1.82, 2.24) is 4.90 Å². The second-order valence-corrected chi connectivity index (χ2v) is 3.60. The van der Waals surface area contributed by atoms with Crippen molar-refractivity contribution < 1.29 is 20.1 Å². The maximum Gasteiger partial charge on any atom is 0.339 e. The summed E-state index contributed by atoms with van der Waals surface area (Å²) in [6.45, 7) is 10.1. The Morgan fingerprint density at radius 3 is 1.89 bits per heavy atom.